The maximum atomic E-state index is 11.0. The number of nitrogens with zero attached hydrogens (tertiary/aromatic N) is 2. The van der Waals surface area contributed by atoms with Gasteiger partial charge < -0.3 is 10.5 Å². The standard InChI is InChI=1S/C7H9N3O2/c1-2-12-7(11)5-3-10-6(8)4-9-5/h3-4H,2H2,1H3,(H2,8,10). The summed E-state index contributed by atoms with van der Waals surface area (Å²) in [6.45, 7) is 2.05. The maximum absolute atomic E-state index is 11.0. The summed E-state index contributed by atoms with van der Waals surface area (Å²) >= 11 is 0. The second kappa shape index (κ2) is 3.66. The van der Waals surface area contributed by atoms with Gasteiger partial charge in [0.25, 0.3) is 0 Å². The van der Waals surface area contributed by atoms with E-state index in [1.54, 1.807) is 6.92 Å². The lowest BCUT2D eigenvalue weighted by atomic mass is 10.4. The molecule has 0 aromatic carbocycles. The predicted molar refractivity (Wildman–Crippen MR) is 42.4 cm³/mol. The minimum atomic E-state index is -0.481. The molecule has 0 fully saturated rings. The van der Waals surface area contributed by atoms with Gasteiger partial charge in [0.15, 0.2) is 5.69 Å². The highest BCUT2D eigenvalue weighted by Gasteiger charge is 2.06. The number of esters is 1. The Hall–Kier alpha value is -1.65. The molecule has 0 bridgehead atoms. The van der Waals surface area contributed by atoms with Crippen LogP contribution in [0.15, 0.2) is 12.4 Å². The Kier molecular flexibility index (Phi) is 2.57. The number of rotatable bonds is 2. The first-order valence-electron chi connectivity index (χ1n) is 3.48. The molecule has 0 aliphatic rings. The van der Waals surface area contributed by atoms with Crippen molar-refractivity contribution >= 4 is 11.8 Å². The molecule has 0 radical (unpaired) electrons. The van der Waals surface area contributed by atoms with E-state index in [0.29, 0.717) is 6.61 Å². The van der Waals surface area contributed by atoms with Gasteiger partial charge in [-0.1, -0.05) is 0 Å². The third kappa shape index (κ3) is 1.91. The summed E-state index contributed by atoms with van der Waals surface area (Å²) in [6, 6.07) is 0. The molecule has 0 unspecified atom stereocenters. The van der Waals surface area contributed by atoms with Crippen LogP contribution in [0.4, 0.5) is 5.82 Å². The van der Waals surface area contributed by atoms with E-state index in [4.69, 9.17) is 5.73 Å². The topological polar surface area (TPSA) is 78.1 Å². The molecule has 64 valence electrons. The summed E-state index contributed by atoms with van der Waals surface area (Å²) in [5.74, 6) is -0.201. The molecule has 0 atom stereocenters. The molecule has 12 heavy (non-hydrogen) atoms. The van der Waals surface area contributed by atoms with Gasteiger partial charge in [-0.25, -0.2) is 14.8 Å². The van der Waals surface area contributed by atoms with Gasteiger partial charge in [-0.2, -0.15) is 0 Å². The normalized spacial score (nSPS) is 9.42. The fraction of sp³-hybridized carbons (Fsp3) is 0.286. The van der Waals surface area contributed by atoms with Gasteiger partial charge in [0.1, 0.15) is 5.82 Å². The summed E-state index contributed by atoms with van der Waals surface area (Å²) in [4.78, 5) is 18.4. The Bertz CT molecular complexity index is 270. The number of hydrogen-bond acceptors (Lipinski definition) is 5. The molecule has 1 aromatic heterocycles. The SMILES string of the molecule is CCOC(=O)c1cnc(N)cn1. The van der Waals surface area contributed by atoms with E-state index in [0.717, 1.165) is 0 Å². The fourth-order valence-corrected chi connectivity index (χ4v) is 0.648. The van der Waals surface area contributed by atoms with E-state index >= 15 is 0 Å². The largest absolute Gasteiger partial charge is 0.461 e. The molecule has 1 heterocycles. The van der Waals surface area contributed by atoms with Crippen molar-refractivity contribution in [2.75, 3.05) is 12.3 Å². The first-order chi connectivity index (χ1) is 5.74. The van der Waals surface area contributed by atoms with Gasteiger partial charge in [0.05, 0.1) is 19.0 Å². The summed E-state index contributed by atoms with van der Waals surface area (Å²) in [7, 11) is 0. The maximum Gasteiger partial charge on any atom is 0.358 e. The molecule has 5 heteroatoms. The Labute approximate surface area is 69.6 Å². The molecule has 0 saturated carbocycles. The van der Waals surface area contributed by atoms with E-state index in [-0.39, 0.29) is 11.5 Å². The molecular weight excluding hydrogens is 158 g/mol. The first kappa shape index (κ1) is 8.45. The fourth-order valence-electron chi connectivity index (χ4n) is 0.648. The number of ether oxygens (including phenoxy) is 1. The summed E-state index contributed by atoms with van der Waals surface area (Å²) < 4.78 is 4.69. The highest BCUT2D eigenvalue weighted by atomic mass is 16.5. The van der Waals surface area contributed by atoms with Gasteiger partial charge in [-0.3, -0.25) is 0 Å². The van der Waals surface area contributed by atoms with Crippen molar-refractivity contribution in [3.8, 4) is 0 Å². The lowest BCUT2D eigenvalue weighted by Gasteiger charge is -1.99. The number of nitrogens with two attached hydrogens (primary N) is 1. The quantitative estimate of drug-likeness (QED) is 0.638. The zero-order chi connectivity index (χ0) is 8.97. The van der Waals surface area contributed by atoms with Gasteiger partial charge in [0, 0.05) is 0 Å². The molecule has 0 amide bonds. The smallest absolute Gasteiger partial charge is 0.358 e. The zero-order valence-corrected chi connectivity index (χ0v) is 6.65. The molecule has 1 aromatic rings. The van der Waals surface area contributed by atoms with Crippen molar-refractivity contribution in [3.05, 3.63) is 18.1 Å². The van der Waals surface area contributed by atoms with Crippen LogP contribution in [-0.2, 0) is 4.74 Å². The average molecular weight is 167 g/mol. The van der Waals surface area contributed by atoms with Crippen molar-refractivity contribution in [1.82, 2.24) is 9.97 Å². The van der Waals surface area contributed by atoms with Crippen molar-refractivity contribution in [2.24, 2.45) is 0 Å². The summed E-state index contributed by atoms with van der Waals surface area (Å²) in [6.07, 6.45) is 2.60. The monoisotopic (exact) mass is 167 g/mol. The van der Waals surface area contributed by atoms with Crippen LogP contribution in [0.25, 0.3) is 0 Å². The molecule has 0 aliphatic carbocycles. The van der Waals surface area contributed by atoms with Crippen LogP contribution in [0.2, 0.25) is 0 Å². The highest BCUT2D eigenvalue weighted by Crippen LogP contribution is 1.97. The van der Waals surface area contributed by atoms with Crippen molar-refractivity contribution in [2.45, 2.75) is 6.92 Å². The molecule has 1 rings (SSSR count). The molecular formula is C7H9N3O2. The van der Waals surface area contributed by atoms with E-state index in [2.05, 4.69) is 14.7 Å². The Balaban J connectivity index is 2.75. The Morgan fingerprint density at radius 1 is 1.58 bits per heavy atom. The Morgan fingerprint density at radius 3 is 2.83 bits per heavy atom. The van der Waals surface area contributed by atoms with Gasteiger partial charge in [0.2, 0.25) is 0 Å². The van der Waals surface area contributed by atoms with Crippen LogP contribution < -0.4 is 5.73 Å². The molecule has 0 aliphatic heterocycles. The Morgan fingerprint density at radius 2 is 2.33 bits per heavy atom. The number of carbonyl (C=O) groups is 1. The second-order valence-electron chi connectivity index (χ2n) is 2.05. The van der Waals surface area contributed by atoms with E-state index in [1.165, 1.54) is 12.4 Å². The summed E-state index contributed by atoms with van der Waals surface area (Å²) in [5.41, 5.74) is 5.45. The molecule has 2 N–H and O–H groups in total. The minimum Gasteiger partial charge on any atom is -0.461 e. The first-order valence-corrected chi connectivity index (χ1v) is 3.48. The van der Waals surface area contributed by atoms with Crippen LogP contribution in [0.1, 0.15) is 17.4 Å². The van der Waals surface area contributed by atoms with Gasteiger partial charge in [-0.05, 0) is 6.92 Å². The highest BCUT2D eigenvalue weighted by molar-refractivity contribution is 5.86. The molecule has 0 spiro atoms. The molecule has 5 nitrogen and oxygen atoms in total. The number of hydrogen-bond donors (Lipinski definition) is 1. The van der Waals surface area contributed by atoms with E-state index in [1.807, 2.05) is 0 Å². The predicted octanol–water partition coefficient (Wildman–Crippen LogP) is 0.236. The second-order valence-corrected chi connectivity index (χ2v) is 2.05. The number of nitrogen functional groups attached to an aromatic ring is 1. The van der Waals surface area contributed by atoms with Crippen LogP contribution in [0.3, 0.4) is 0 Å². The molecule has 0 saturated heterocycles. The van der Waals surface area contributed by atoms with Crippen molar-refractivity contribution in [1.29, 1.82) is 0 Å². The number of anilines is 1. The third-order valence-electron chi connectivity index (χ3n) is 1.16. The van der Waals surface area contributed by atoms with Crippen LogP contribution >= 0.6 is 0 Å². The van der Waals surface area contributed by atoms with Crippen molar-refractivity contribution in [3.63, 3.8) is 0 Å². The van der Waals surface area contributed by atoms with Crippen LogP contribution in [0, 0.1) is 0 Å². The lowest BCUT2D eigenvalue weighted by Crippen LogP contribution is -2.07. The van der Waals surface area contributed by atoms with Crippen LogP contribution in [-0.4, -0.2) is 22.5 Å². The van der Waals surface area contributed by atoms with Crippen LogP contribution in [0.5, 0.6) is 0 Å². The average Bonchev–Trinajstić information content (AvgIpc) is 2.06. The third-order valence-corrected chi connectivity index (χ3v) is 1.16. The number of carbonyl (C=O) groups excluding carboxylic acids is 1. The number of aromatic nitrogens is 2. The zero-order valence-electron chi connectivity index (χ0n) is 6.65. The minimum absolute atomic E-state index is 0.172. The summed E-state index contributed by atoms with van der Waals surface area (Å²) in [5, 5.41) is 0. The van der Waals surface area contributed by atoms with E-state index in [9.17, 15) is 4.79 Å². The van der Waals surface area contributed by atoms with E-state index < -0.39 is 5.97 Å². The van der Waals surface area contributed by atoms with Gasteiger partial charge in [-0.15, -0.1) is 0 Å². The van der Waals surface area contributed by atoms with Gasteiger partial charge >= 0.3 is 5.97 Å². The van der Waals surface area contributed by atoms with Crippen molar-refractivity contribution < 1.29 is 9.53 Å². The lowest BCUT2D eigenvalue weighted by molar-refractivity contribution is 0.0519.